The van der Waals surface area contributed by atoms with Gasteiger partial charge in [0.05, 0.1) is 18.2 Å². The van der Waals surface area contributed by atoms with Crippen molar-refractivity contribution in [2.45, 2.75) is 13.8 Å². The highest BCUT2D eigenvalue weighted by Crippen LogP contribution is 2.32. The highest BCUT2D eigenvalue weighted by molar-refractivity contribution is 7.16. The van der Waals surface area contributed by atoms with Crippen molar-refractivity contribution >= 4 is 34.2 Å². The van der Waals surface area contributed by atoms with Gasteiger partial charge in [-0.05, 0) is 31.5 Å². The predicted octanol–water partition coefficient (Wildman–Crippen LogP) is 2.34. The molecular weight excluding hydrogens is 332 g/mol. The van der Waals surface area contributed by atoms with E-state index in [1.165, 1.54) is 43.0 Å². The molecule has 0 aliphatic rings. The molecule has 126 valence electrons. The summed E-state index contributed by atoms with van der Waals surface area (Å²) in [5, 5.41) is 2.96. The smallest absolute Gasteiger partial charge is 0.341 e. The lowest BCUT2D eigenvalue weighted by molar-refractivity contribution is -0.119. The lowest BCUT2D eigenvalue weighted by atomic mass is 10.1. The topological polar surface area (TPSA) is 94.6 Å². The zero-order valence-corrected chi connectivity index (χ0v) is 14.2. The van der Waals surface area contributed by atoms with Crippen LogP contribution in [0.25, 0.3) is 0 Å². The molecule has 1 N–H and O–H groups in total. The van der Waals surface area contributed by atoms with Crippen LogP contribution in [0, 0.1) is 13.8 Å². The van der Waals surface area contributed by atoms with E-state index in [0.29, 0.717) is 16.1 Å². The van der Waals surface area contributed by atoms with Gasteiger partial charge in [0.1, 0.15) is 5.00 Å². The van der Waals surface area contributed by atoms with Gasteiger partial charge in [0.25, 0.3) is 5.91 Å². The van der Waals surface area contributed by atoms with Gasteiger partial charge >= 0.3 is 11.9 Å². The number of aryl methyl sites for hydroxylation is 1. The number of aromatic nitrogens is 1. The summed E-state index contributed by atoms with van der Waals surface area (Å²) >= 11 is 1.26. The van der Waals surface area contributed by atoms with Crippen LogP contribution in [0.2, 0.25) is 0 Å². The average molecular weight is 348 g/mol. The zero-order valence-electron chi connectivity index (χ0n) is 13.4. The second kappa shape index (κ2) is 7.69. The third-order valence-electron chi connectivity index (χ3n) is 3.28. The van der Waals surface area contributed by atoms with Crippen molar-refractivity contribution in [3.63, 3.8) is 0 Å². The molecule has 2 heterocycles. The van der Waals surface area contributed by atoms with Gasteiger partial charge in [-0.15, -0.1) is 11.3 Å². The minimum absolute atomic E-state index is 0.302. The fraction of sp³-hybridized carbons (Fsp3) is 0.250. The molecule has 2 aromatic rings. The molecule has 24 heavy (non-hydrogen) atoms. The summed E-state index contributed by atoms with van der Waals surface area (Å²) in [6.07, 6.45) is 2.91. The standard InChI is InChI=1S/C16H16N2O5S/c1-9-10(2)24-14(13(9)16(21)22-3)18-12(19)8-23-15(20)11-4-6-17-7-5-11/h4-7H,8H2,1-3H3,(H,18,19). The van der Waals surface area contributed by atoms with Crippen molar-refractivity contribution in [1.29, 1.82) is 0 Å². The number of anilines is 1. The van der Waals surface area contributed by atoms with Crippen LogP contribution in [0.1, 0.15) is 31.2 Å². The Bertz CT molecular complexity index is 770. The normalized spacial score (nSPS) is 10.1. The number of pyridine rings is 1. The molecule has 8 heteroatoms. The molecule has 0 aromatic carbocycles. The van der Waals surface area contributed by atoms with E-state index < -0.39 is 24.5 Å². The molecule has 0 spiro atoms. The predicted molar refractivity (Wildman–Crippen MR) is 88.3 cm³/mol. The summed E-state index contributed by atoms with van der Waals surface area (Å²) < 4.78 is 9.67. The number of carbonyl (C=O) groups excluding carboxylic acids is 3. The summed E-state index contributed by atoms with van der Waals surface area (Å²) in [4.78, 5) is 40.3. The third kappa shape index (κ3) is 3.96. The van der Waals surface area contributed by atoms with Gasteiger partial charge in [-0.1, -0.05) is 0 Å². The number of hydrogen-bond donors (Lipinski definition) is 1. The van der Waals surface area contributed by atoms with Crippen LogP contribution < -0.4 is 5.32 Å². The Kier molecular flexibility index (Phi) is 5.64. The van der Waals surface area contributed by atoms with E-state index in [0.717, 1.165) is 10.4 Å². The molecule has 0 saturated heterocycles. The van der Waals surface area contributed by atoms with E-state index in [9.17, 15) is 14.4 Å². The van der Waals surface area contributed by atoms with Gasteiger partial charge < -0.3 is 14.8 Å². The third-order valence-corrected chi connectivity index (χ3v) is 4.40. The first-order valence-electron chi connectivity index (χ1n) is 6.99. The lowest BCUT2D eigenvalue weighted by Crippen LogP contribution is -2.21. The van der Waals surface area contributed by atoms with Crippen molar-refractivity contribution in [2.75, 3.05) is 19.0 Å². The summed E-state index contributed by atoms with van der Waals surface area (Å²) in [6.45, 7) is 3.15. The quantitative estimate of drug-likeness (QED) is 0.834. The Labute approximate surface area is 142 Å². The Morgan fingerprint density at radius 1 is 1.17 bits per heavy atom. The van der Waals surface area contributed by atoms with Crippen LogP contribution in [0.3, 0.4) is 0 Å². The molecule has 0 atom stereocenters. The lowest BCUT2D eigenvalue weighted by Gasteiger charge is -2.07. The van der Waals surface area contributed by atoms with Crippen molar-refractivity contribution in [2.24, 2.45) is 0 Å². The van der Waals surface area contributed by atoms with Crippen LogP contribution in [0.4, 0.5) is 5.00 Å². The van der Waals surface area contributed by atoms with Gasteiger partial charge in [-0.3, -0.25) is 9.78 Å². The van der Waals surface area contributed by atoms with Crippen LogP contribution >= 0.6 is 11.3 Å². The second-order valence-electron chi connectivity index (χ2n) is 4.84. The molecule has 0 fully saturated rings. The minimum Gasteiger partial charge on any atom is -0.465 e. The van der Waals surface area contributed by atoms with Crippen LogP contribution in [-0.2, 0) is 14.3 Å². The molecule has 0 aliphatic carbocycles. The van der Waals surface area contributed by atoms with E-state index in [4.69, 9.17) is 9.47 Å². The number of ether oxygens (including phenoxy) is 2. The van der Waals surface area contributed by atoms with E-state index in [2.05, 4.69) is 10.3 Å². The van der Waals surface area contributed by atoms with Gasteiger partial charge in [-0.2, -0.15) is 0 Å². The Morgan fingerprint density at radius 2 is 1.83 bits per heavy atom. The molecule has 2 rings (SSSR count). The maximum absolute atomic E-state index is 12.0. The number of methoxy groups -OCH3 is 1. The molecule has 0 bridgehead atoms. The number of esters is 2. The molecule has 0 aliphatic heterocycles. The highest BCUT2D eigenvalue weighted by atomic mass is 32.1. The van der Waals surface area contributed by atoms with Gasteiger partial charge in [0.2, 0.25) is 0 Å². The van der Waals surface area contributed by atoms with E-state index in [-0.39, 0.29) is 0 Å². The molecule has 0 radical (unpaired) electrons. The number of rotatable bonds is 5. The number of carbonyl (C=O) groups is 3. The Balaban J connectivity index is 2.02. The summed E-state index contributed by atoms with van der Waals surface area (Å²) in [7, 11) is 1.27. The SMILES string of the molecule is COC(=O)c1c(NC(=O)COC(=O)c2ccncc2)sc(C)c1C. The molecule has 1 amide bonds. The van der Waals surface area contributed by atoms with E-state index in [1.807, 2.05) is 6.92 Å². The van der Waals surface area contributed by atoms with Crippen LogP contribution in [0.5, 0.6) is 0 Å². The van der Waals surface area contributed by atoms with Crippen LogP contribution in [-0.4, -0.2) is 36.5 Å². The highest BCUT2D eigenvalue weighted by Gasteiger charge is 2.22. The number of amides is 1. The first-order valence-corrected chi connectivity index (χ1v) is 7.81. The molecular formula is C16H16N2O5S. The van der Waals surface area contributed by atoms with Gasteiger partial charge in [0, 0.05) is 17.3 Å². The number of nitrogens with one attached hydrogen (secondary N) is 1. The zero-order chi connectivity index (χ0) is 17.7. The fourth-order valence-corrected chi connectivity index (χ4v) is 2.99. The summed E-state index contributed by atoms with van der Waals surface area (Å²) in [6, 6.07) is 2.98. The van der Waals surface area contributed by atoms with E-state index >= 15 is 0 Å². The largest absolute Gasteiger partial charge is 0.465 e. The number of hydrogen-bond acceptors (Lipinski definition) is 7. The maximum Gasteiger partial charge on any atom is 0.341 e. The molecule has 0 saturated carbocycles. The Hall–Kier alpha value is -2.74. The van der Waals surface area contributed by atoms with Crippen molar-refractivity contribution < 1.29 is 23.9 Å². The number of thiophene rings is 1. The Morgan fingerprint density at radius 3 is 2.46 bits per heavy atom. The molecule has 0 unspecified atom stereocenters. The maximum atomic E-state index is 12.0. The van der Waals surface area contributed by atoms with Crippen LogP contribution in [0.15, 0.2) is 24.5 Å². The minimum atomic E-state index is -0.626. The fourth-order valence-electron chi connectivity index (χ4n) is 1.93. The average Bonchev–Trinajstić information content (AvgIpc) is 2.86. The molecule has 7 nitrogen and oxygen atoms in total. The first kappa shape index (κ1) is 17.6. The summed E-state index contributed by atoms with van der Waals surface area (Å²) in [5.41, 5.74) is 1.36. The van der Waals surface area contributed by atoms with E-state index in [1.54, 1.807) is 6.92 Å². The monoisotopic (exact) mass is 348 g/mol. The number of nitrogens with zero attached hydrogens (tertiary/aromatic N) is 1. The summed E-state index contributed by atoms with van der Waals surface area (Å²) in [5.74, 6) is -1.69. The van der Waals surface area contributed by atoms with Crippen molar-refractivity contribution in [3.8, 4) is 0 Å². The van der Waals surface area contributed by atoms with Gasteiger partial charge in [0.15, 0.2) is 6.61 Å². The molecule has 2 aromatic heterocycles. The van der Waals surface area contributed by atoms with Gasteiger partial charge in [-0.25, -0.2) is 9.59 Å². The van der Waals surface area contributed by atoms with Crippen molar-refractivity contribution in [1.82, 2.24) is 4.98 Å². The first-order chi connectivity index (χ1) is 11.4. The second-order valence-corrected chi connectivity index (χ2v) is 6.06. The van der Waals surface area contributed by atoms with Crippen molar-refractivity contribution in [3.05, 3.63) is 46.1 Å².